The van der Waals surface area contributed by atoms with Gasteiger partial charge in [-0.15, -0.1) is 0 Å². The Balaban J connectivity index is 1.65. The van der Waals surface area contributed by atoms with Crippen molar-refractivity contribution < 1.29 is 9.21 Å². The standard InChI is InChI=1S/C17H17NO2/c1-12-5-8-16(20-12)9-10-17(19)18-15-7-6-13-3-2-4-14(13)11-15/h5-11H,2-4H2,1H3,(H,18,19)/b10-9+. The lowest BCUT2D eigenvalue weighted by molar-refractivity contribution is -0.111. The number of hydrogen-bond donors (Lipinski definition) is 1. The van der Waals surface area contributed by atoms with Gasteiger partial charge in [-0.3, -0.25) is 4.79 Å². The summed E-state index contributed by atoms with van der Waals surface area (Å²) in [6.07, 6.45) is 6.65. The van der Waals surface area contributed by atoms with Crippen molar-refractivity contribution in [3.05, 3.63) is 59.1 Å². The molecule has 1 N–H and O–H groups in total. The minimum atomic E-state index is -0.142. The van der Waals surface area contributed by atoms with Crippen molar-refractivity contribution in [1.29, 1.82) is 0 Å². The van der Waals surface area contributed by atoms with Gasteiger partial charge in [-0.1, -0.05) is 6.07 Å². The quantitative estimate of drug-likeness (QED) is 0.861. The molecule has 0 bridgehead atoms. The number of furan rings is 1. The van der Waals surface area contributed by atoms with E-state index in [1.165, 1.54) is 23.6 Å². The molecule has 1 aliphatic carbocycles. The molecule has 3 heteroatoms. The van der Waals surface area contributed by atoms with E-state index in [0.29, 0.717) is 5.76 Å². The Hall–Kier alpha value is -2.29. The van der Waals surface area contributed by atoms with Gasteiger partial charge in [0.05, 0.1) is 0 Å². The summed E-state index contributed by atoms with van der Waals surface area (Å²) < 4.78 is 5.38. The van der Waals surface area contributed by atoms with Crippen LogP contribution in [0.3, 0.4) is 0 Å². The molecule has 0 aliphatic heterocycles. The first-order chi connectivity index (χ1) is 9.70. The lowest BCUT2D eigenvalue weighted by Crippen LogP contribution is -2.07. The zero-order chi connectivity index (χ0) is 13.9. The van der Waals surface area contributed by atoms with Gasteiger partial charge in [-0.2, -0.15) is 0 Å². The number of hydrogen-bond acceptors (Lipinski definition) is 2. The number of nitrogens with one attached hydrogen (secondary N) is 1. The lowest BCUT2D eigenvalue weighted by atomic mass is 10.1. The first-order valence-electron chi connectivity index (χ1n) is 6.88. The highest BCUT2D eigenvalue weighted by Gasteiger charge is 2.11. The van der Waals surface area contributed by atoms with Gasteiger partial charge in [0.1, 0.15) is 11.5 Å². The first-order valence-corrected chi connectivity index (χ1v) is 6.88. The van der Waals surface area contributed by atoms with Crippen molar-refractivity contribution in [2.75, 3.05) is 5.32 Å². The molecular formula is C17H17NO2. The van der Waals surface area contributed by atoms with Crippen molar-refractivity contribution in [2.24, 2.45) is 0 Å². The van der Waals surface area contributed by atoms with Crippen LogP contribution < -0.4 is 5.32 Å². The van der Waals surface area contributed by atoms with E-state index in [1.54, 1.807) is 6.08 Å². The summed E-state index contributed by atoms with van der Waals surface area (Å²) in [5.41, 5.74) is 3.62. The second kappa shape index (κ2) is 5.37. The van der Waals surface area contributed by atoms with Crippen molar-refractivity contribution in [2.45, 2.75) is 26.2 Å². The smallest absolute Gasteiger partial charge is 0.248 e. The third-order valence-electron chi connectivity index (χ3n) is 3.53. The molecular weight excluding hydrogens is 250 g/mol. The average Bonchev–Trinajstić information content (AvgIpc) is 3.04. The van der Waals surface area contributed by atoms with E-state index in [4.69, 9.17) is 4.42 Å². The SMILES string of the molecule is Cc1ccc(/C=C/C(=O)Nc2ccc3c(c2)CCC3)o1. The summed E-state index contributed by atoms with van der Waals surface area (Å²) in [6.45, 7) is 1.88. The molecule has 20 heavy (non-hydrogen) atoms. The fraction of sp³-hybridized carbons (Fsp3) is 0.235. The van der Waals surface area contributed by atoms with Crippen LogP contribution in [0.25, 0.3) is 6.08 Å². The second-order valence-electron chi connectivity index (χ2n) is 5.11. The van der Waals surface area contributed by atoms with Gasteiger partial charge in [0.15, 0.2) is 0 Å². The zero-order valence-electron chi connectivity index (χ0n) is 11.5. The van der Waals surface area contributed by atoms with E-state index in [9.17, 15) is 4.79 Å². The molecule has 0 spiro atoms. The predicted molar refractivity (Wildman–Crippen MR) is 79.6 cm³/mol. The molecule has 1 aromatic heterocycles. The number of fused-ring (bicyclic) bond motifs is 1. The molecule has 0 radical (unpaired) electrons. The number of carbonyl (C=O) groups excluding carboxylic acids is 1. The maximum atomic E-state index is 11.9. The molecule has 1 amide bonds. The normalized spacial score (nSPS) is 13.7. The number of anilines is 1. The average molecular weight is 267 g/mol. The van der Waals surface area contributed by atoms with Crippen molar-refractivity contribution in [1.82, 2.24) is 0 Å². The van der Waals surface area contributed by atoms with Gasteiger partial charge in [0.2, 0.25) is 5.91 Å². The topological polar surface area (TPSA) is 42.2 Å². The van der Waals surface area contributed by atoms with Gasteiger partial charge in [0.25, 0.3) is 0 Å². The van der Waals surface area contributed by atoms with Crippen LogP contribution in [0.2, 0.25) is 0 Å². The summed E-state index contributed by atoms with van der Waals surface area (Å²) in [6, 6.07) is 9.86. The first kappa shape index (κ1) is 12.7. The van der Waals surface area contributed by atoms with Crippen LogP contribution in [-0.4, -0.2) is 5.91 Å². The van der Waals surface area contributed by atoms with E-state index < -0.39 is 0 Å². The molecule has 102 valence electrons. The molecule has 1 heterocycles. The predicted octanol–water partition coefficient (Wildman–Crippen LogP) is 3.73. The van der Waals surface area contributed by atoms with Crippen molar-refractivity contribution in [3.63, 3.8) is 0 Å². The molecule has 3 rings (SSSR count). The number of rotatable bonds is 3. The van der Waals surface area contributed by atoms with Gasteiger partial charge in [-0.05, 0) is 67.7 Å². The molecule has 2 aromatic rings. The molecule has 1 aromatic carbocycles. The summed E-state index contributed by atoms with van der Waals surface area (Å²) in [7, 11) is 0. The van der Waals surface area contributed by atoms with Crippen LogP contribution in [0.1, 0.15) is 29.1 Å². The third kappa shape index (κ3) is 2.82. The monoisotopic (exact) mass is 267 g/mol. The number of benzene rings is 1. The van der Waals surface area contributed by atoms with Crippen LogP contribution in [0, 0.1) is 6.92 Å². The van der Waals surface area contributed by atoms with Crippen molar-refractivity contribution >= 4 is 17.7 Å². The zero-order valence-corrected chi connectivity index (χ0v) is 11.5. The minimum Gasteiger partial charge on any atom is -0.462 e. The van der Waals surface area contributed by atoms with Crippen molar-refractivity contribution in [3.8, 4) is 0 Å². The highest BCUT2D eigenvalue weighted by Crippen LogP contribution is 2.24. The Morgan fingerprint density at radius 1 is 1.20 bits per heavy atom. The highest BCUT2D eigenvalue weighted by atomic mass is 16.3. The van der Waals surface area contributed by atoms with Crippen LogP contribution >= 0.6 is 0 Å². The Morgan fingerprint density at radius 3 is 2.85 bits per heavy atom. The Bertz CT molecular complexity index is 667. The summed E-state index contributed by atoms with van der Waals surface area (Å²) in [5, 5.41) is 2.88. The van der Waals surface area contributed by atoms with Crippen LogP contribution in [-0.2, 0) is 17.6 Å². The second-order valence-corrected chi connectivity index (χ2v) is 5.11. The number of aryl methyl sites for hydroxylation is 3. The summed E-state index contributed by atoms with van der Waals surface area (Å²) in [5.74, 6) is 1.38. The third-order valence-corrected chi connectivity index (χ3v) is 3.53. The van der Waals surface area contributed by atoms with E-state index in [0.717, 1.165) is 24.3 Å². The van der Waals surface area contributed by atoms with Crippen LogP contribution in [0.15, 0.2) is 40.8 Å². The van der Waals surface area contributed by atoms with Crippen LogP contribution in [0.4, 0.5) is 5.69 Å². The van der Waals surface area contributed by atoms with Crippen LogP contribution in [0.5, 0.6) is 0 Å². The van der Waals surface area contributed by atoms with Gasteiger partial charge in [-0.25, -0.2) is 0 Å². The molecule has 3 nitrogen and oxygen atoms in total. The minimum absolute atomic E-state index is 0.142. The van der Waals surface area contributed by atoms with Gasteiger partial charge >= 0.3 is 0 Å². The molecule has 0 atom stereocenters. The Morgan fingerprint density at radius 2 is 2.05 bits per heavy atom. The fourth-order valence-corrected chi connectivity index (χ4v) is 2.53. The Kier molecular flexibility index (Phi) is 3.42. The van der Waals surface area contributed by atoms with E-state index >= 15 is 0 Å². The molecule has 0 fully saturated rings. The molecule has 0 unspecified atom stereocenters. The molecule has 0 saturated heterocycles. The Labute approximate surface area is 118 Å². The number of carbonyl (C=O) groups is 1. The maximum Gasteiger partial charge on any atom is 0.248 e. The van der Waals surface area contributed by atoms with E-state index in [-0.39, 0.29) is 5.91 Å². The van der Waals surface area contributed by atoms with E-state index in [1.807, 2.05) is 25.1 Å². The van der Waals surface area contributed by atoms with E-state index in [2.05, 4.69) is 17.4 Å². The van der Waals surface area contributed by atoms with Gasteiger partial charge in [0, 0.05) is 11.8 Å². The van der Waals surface area contributed by atoms with Gasteiger partial charge < -0.3 is 9.73 Å². The number of amides is 1. The summed E-state index contributed by atoms with van der Waals surface area (Å²) >= 11 is 0. The molecule has 1 aliphatic rings. The highest BCUT2D eigenvalue weighted by molar-refractivity contribution is 6.01. The fourth-order valence-electron chi connectivity index (χ4n) is 2.53. The lowest BCUT2D eigenvalue weighted by Gasteiger charge is -2.05. The maximum absolute atomic E-state index is 11.9. The largest absolute Gasteiger partial charge is 0.462 e. The summed E-state index contributed by atoms with van der Waals surface area (Å²) in [4.78, 5) is 11.9. The molecule has 0 saturated carbocycles.